The molecule has 1 N–H and O–H groups in total. The summed E-state index contributed by atoms with van der Waals surface area (Å²) in [6.07, 6.45) is 1.49. The minimum Gasteiger partial charge on any atom is -0.508 e. The lowest BCUT2D eigenvalue weighted by Crippen LogP contribution is -2.44. The Morgan fingerprint density at radius 1 is 1.22 bits per heavy atom. The molecule has 0 aromatic heterocycles. The van der Waals surface area contributed by atoms with Crippen LogP contribution in [0.5, 0.6) is 5.75 Å². The van der Waals surface area contributed by atoms with Crippen molar-refractivity contribution in [2.24, 2.45) is 0 Å². The van der Waals surface area contributed by atoms with E-state index in [-0.39, 0.29) is 11.6 Å². The average Bonchev–Trinajstić information content (AvgIpc) is 2.35. The van der Waals surface area contributed by atoms with Gasteiger partial charge in [0.05, 0.1) is 0 Å². The number of phenolic OH excluding ortho intramolecular Hbond substituents is 1. The van der Waals surface area contributed by atoms with Crippen molar-refractivity contribution < 1.29 is 9.50 Å². The Morgan fingerprint density at radius 3 is 2.61 bits per heavy atom. The minimum atomic E-state index is -0.298. The maximum atomic E-state index is 13.5. The molecule has 100 valence electrons. The van der Waals surface area contributed by atoms with E-state index in [0.29, 0.717) is 12.0 Å². The predicted octanol–water partition coefficient (Wildman–Crippen LogP) is 1.71. The summed E-state index contributed by atoms with van der Waals surface area (Å²) in [5.74, 6) is -0.221. The zero-order valence-corrected chi connectivity index (χ0v) is 10.9. The van der Waals surface area contributed by atoms with Gasteiger partial charge in [-0.1, -0.05) is 6.07 Å². The van der Waals surface area contributed by atoms with Crippen molar-refractivity contribution in [3.05, 3.63) is 29.6 Å². The van der Waals surface area contributed by atoms with E-state index in [9.17, 15) is 9.50 Å². The molecule has 0 unspecified atom stereocenters. The van der Waals surface area contributed by atoms with Crippen LogP contribution < -0.4 is 0 Å². The zero-order valence-electron chi connectivity index (χ0n) is 10.9. The summed E-state index contributed by atoms with van der Waals surface area (Å²) in [5, 5.41) is 9.60. The minimum absolute atomic E-state index is 0.0772. The molecule has 0 atom stereocenters. The maximum Gasteiger partial charge on any atom is 0.130 e. The fraction of sp³-hybridized carbons (Fsp3) is 0.571. The topological polar surface area (TPSA) is 26.7 Å². The van der Waals surface area contributed by atoms with Gasteiger partial charge in [-0.15, -0.1) is 0 Å². The smallest absolute Gasteiger partial charge is 0.130 e. The molecule has 3 nitrogen and oxygen atoms in total. The van der Waals surface area contributed by atoms with Crippen LogP contribution in [0.25, 0.3) is 0 Å². The molecule has 2 rings (SSSR count). The molecule has 0 aliphatic carbocycles. The van der Waals surface area contributed by atoms with Crippen molar-refractivity contribution in [3.8, 4) is 5.75 Å². The van der Waals surface area contributed by atoms with Gasteiger partial charge in [0, 0.05) is 31.7 Å². The van der Waals surface area contributed by atoms with Crippen molar-refractivity contribution in [2.45, 2.75) is 12.8 Å². The Bertz CT molecular complexity index is 369. The molecule has 1 saturated heterocycles. The highest BCUT2D eigenvalue weighted by Gasteiger charge is 2.14. The van der Waals surface area contributed by atoms with Gasteiger partial charge < -0.3 is 14.9 Å². The standard InChI is InChI=1S/C14H21FN2O/c1-16-8-10-17(11-9-16)7-3-4-12-13(15)5-2-6-14(12)18/h2,5-6,18H,3-4,7-11H2,1H3. The average molecular weight is 252 g/mol. The van der Waals surface area contributed by atoms with Gasteiger partial charge in [-0.2, -0.15) is 0 Å². The van der Waals surface area contributed by atoms with E-state index in [0.717, 1.165) is 39.1 Å². The third kappa shape index (κ3) is 3.43. The van der Waals surface area contributed by atoms with Gasteiger partial charge in [0.2, 0.25) is 0 Å². The number of likely N-dealkylation sites (N-methyl/N-ethyl adjacent to an activating group) is 1. The van der Waals surface area contributed by atoms with Gasteiger partial charge in [-0.25, -0.2) is 4.39 Å². The first-order chi connectivity index (χ1) is 8.66. The summed E-state index contributed by atoms with van der Waals surface area (Å²) in [5.41, 5.74) is 0.451. The monoisotopic (exact) mass is 252 g/mol. The van der Waals surface area contributed by atoms with E-state index < -0.39 is 0 Å². The lowest BCUT2D eigenvalue weighted by molar-refractivity contribution is 0.153. The largest absolute Gasteiger partial charge is 0.508 e. The summed E-state index contributed by atoms with van der Waals surface area (Å²) in [6.45, 7) is 5.34. The predicted molar refractivity (Wildman–Crippen MR) is 70.3 cm³/mol. The second kappa shape index (κ2) is 6.16. The third-order valence-electron chi connectivity index (χ3n) is 3.59. The Kier molecular flexibility index (Phi) is 4.55. The summed E-state index contributed by atoms with van der Waals surface area (Å²) < 4.78 is 13.5. The zero-order chi connectivity index (χ0) is 13.0. The lowest BCUT2D eigenvalue weighted by atomic mass is 10.1. The molecule has 0 radical (unpaired) electrons. The first-order valence-electron chi connectivity index (χ1n) is 6.54. The van der Waals surface area contributed by atoms with Crippen LogP contribution in [0.15, 0.2) is 18.2 Å². The lowest BCUT2D eigenvalue weighted by Gasteiger charge is -2.32. The van der Waals surface area contributed by atoms with Gasteiger partial charge >= 0.3 is 0 Å². The number of piperazine rings is 1. The van der Waals surface area contributed by atoms with Crippen LogP contribution in [-0.2, 0) is 6.42 Å². The van der Waals surface area contributed by atoms with Crippen molar-refractivity contribution in [1.29, 1.82) is 0 Å². The van der Waals surface area contributed by atoms with Crippen LogP contribution in [0, 0.1) is 5.82 Å². The van der Waals surface area contributed by atoms with E-state index in [2.05, 4.69) is 16.8 Å². The second-order valence-corrected chi connectivity index (χ2v) is 4.99. The number of halogens is 1. The summed E-state index contributed by atoms with van der Waals surface area (Å²) in [6, 6.07) is 4.49. The fourth-order valence-corrected chi connectivity index (χ4v) is 2.35. The van der Waals surface area contributed by atoms with Gasteiger partial charge in [-0.3, -0.25) is 0 Å². The van der Waals surface area contributed by atoms with Gasteiger partial charge in [0.1, 0.15) is 11.6 Å². The molecule has 1 aliphatic heterocycles. The van der Waals surface area contributed by atoms with Crippen molar-refractivity contribution >= 4 is 0 Å². The molecular formula is C14H21FN2O. The molecule has 0 amide bonds. The number of phenols is 1. The first-order valence-corrected chi connectivity index (χ1v) is 6.54. The SMILES string of the molecule is CN1CCN(CCCc2c(O)cccc2F)CC1. The molecule has 4 heteroatoms. The quantitative estimate of drug-likeness (QED) is 0.883. The highest BCUT2D eigenvalue weighted by atomic mass is 19.1. The summed E-state index contributed by atoms with van der Waals surface area (Å²) >= 11 is 0. The molecule has 0 spiro atoms. The highest BCUT2D eigenvalue weighted by molar-refractivity contribution is 5.33. The van der Waals surface area contributed by atoms with E-state index in [1.54, 1.807) is 6.07 Å². The van der Waals surface area contributed by atoms with Crippen LogP contribution in [0.2, 0.25) is 0 Å². The Balaban J connectivity index is 1.78. The molecule has 0 saturated carbocycles. The third-order valence-corrected chi connectivity index (χ3v) is 3.59. The Labute approximate surface area is 108 Å². The highest BCUT2D eigenvalue weighted by Crippen LogP contribution is 2.21. The molecule has 18 heavy (non-hydrogen) atoms. The normalized spacial score (nSPS) is 18.1. The van der Waals surface area contributed by atoms with E-state index in [4.69, 9.17) is 0 Å². The first kappa shape index (κ1) is 13.3. The molecular weight excluding hydrogens is 231 g/mol. The van der Waals surface area contributed by atoms with Crippen LogP contribution >= 0.6 is 0 Å². The van der Waals surface area contributed by atoms with E-state index in [1.807, 2.05) is 0 Å². The second-order valence-electron chi connectivity index (χ2n) is 4.99. The summed E-state index contributed by atoms with van der Waals surface area (Å²) in [4.78, 5) is 4.72. The molecule has 1 aromatic rings. The van der Waals surface area contributed by atoms with Crippen LogP contribution in [0.3, 0.4) is 0 Å². The maximum absolute atomic E-state index is 13.5. The van der Waals surface area contributed by atoms with E-state index >= 15 is 0 Å². The van der Waals surface area contributed by atoms with E-state index in [1.165, 1.54) is 12.1 Å². The van der Waals surface area contributed by atoms with Crippen molar-refractivity contribution in [3.63, 3.8) is 0 Å². The summed E-state index contributed by atoms with van der Waals surface area (Å²) in [7, 11) is 2.13. The van der Waals surface area contributed by atoms with Crippen LogP contribution in [0.1, 0.15) is 12.0 Å². The fourth-order valence-electron chi connectivity index (χ4n) is 2.35. The molecule has 1 aliphatic rings. The number of rotatable bonds is 4. The number of benzene rings is 1. The van der Waals surface area contributed by atoms with Gasteiger partial charge in [0.15, 0.2) is 0 Å². The number of nitrogens with zero attached hydrogens (tertiary/aromatic N) is 2. The van der Waals surface area contributed by atoms with Crippen molar-refractivity contribution in [1.82, 2.24) is 9.80 Å². The van der Waals surface area contributed by atoms with Gasteiger partial charge in [0.25, 0.3) is 0 Å². The number of hydrogen-bond acceptors (Lipinski definition) is 3. The molecule has 1 aromatic carbocycles. The van der Waals surface area contributed by atoms with Crippen LogP contribution in [-0.4, -0.2) is 54.7 Å². The van der Waals surface area contributed by atoms with Crippen molar-refractivity contribution in [2.75, 3.05) is 39.8 Å². The number of hydrogen-bond donors (Lipinski definition) is 1. The number of aromatic hydroxyl groups is 1. The van der Waals surface area contributed by atoms with Crippen LogP contribution in [0.4, 0.5) is 4.39 Å². The molecule has 1 fully saturated rings. The van der Waals surface area contributed by atoms with Gasteiger partial charge in [-0.05, 0) is 38.6 Å². The Hall–Kier alpha value is -1.13. The molecule has 0 bridgehead atoms. The Morgan fingerprint density at radius 2 is 1.94 bits per heavy atom. The molecule has 1 heterocycles.